The molecule has 1 amide bonds. The smallest absolute Gasteiger partial charge is 0.331 e. The summed E-state index contributed by atoms with van der Waals surface area (Å²) in [4.78, 5) is 28.9. The van der Waals surface area contributed by atoms with Gasteiger partial charge < -0.3 is 15.2 Å². The van der Waals surface area contributed by atoms with Crippen molar-refractivity contribution >= 4 is 23.6 Å². The van der Waals surface area contributed by atoms with E-state index in [-0.39, 0.29) is 5.69 Å². The van der Waals surface area contributed by atoms with Gasteiger partial charge >= 0.3 is 5.97 Å². The number of aliphatic hydroxyl groups is 1. The van der Waals surface area contributed by atoms with Gasteiger partial charge in [-0.15, -0.1) is 11.8 Å². The van der Waals surface area contributed by atoms with E-state index in [4.69, 9.17) is 0 Å². The van der Waals surface area contributed by atoms with Gasteiger partial charge in [0.15, 0.2) is 6.04 Å². The molecule has 116 valence electrons. The maximum atomic E-state index is 12.3. The number of aliphatic hydroxyl groups excluding tert-OH is 1. The zero-order chi connectivity index (χ0) is 16.0. The van der Waals surface area contributed by atoms with E-state index in [1.54, 1.807) is 0 Å². The van der Waals surface area contributed by atoms with Crippen LogP contribution in [0.5, 0.6) is 0 Å². The lowest BCUT2D eigenvalue weighted by Crippen LogP contribution is -2.48. The van der Waals surface area contributed by atoms with Crippen LogP contribution in [0.3, 0.4) is 0 Å². The summed E-state index contributed by atoms with van der Waals surface area (Å²) in [5, 5.41) is 12.1. The van der Waals surface area contributed by atoms with Crippen molar-refractivity contribution in [2.24, 2.45) is 0 Å². The highest BCUT2D eigenvalue weighted by Gasteiger charge is 2.28. The number of amides is 1. The van der Waals surface area contributed by atoms with E-state index >= 15 is 0 Å². The van der Waals surface area contributed by atoms with Crippen LogP contribution in [-0.4, -0.2) is 47.5 Å². The molecule has 2 N–H and O–H groups in total. The lowest BCUT2D eigenvalue weighted by Gasteiger charge is -2.19. The summed E-state index contributed by atoms with van der Waals surface area (Å²) in [6.45, 7) is 3.35. The predicted octanol–water partition coefficient (Wildman–Crippen LogP) is 1.02. The largest absolute Gasteiger partial charge is 0.467 e. The number of rotatable bonds is 6. The summed E-state index contributed by atoms with van der Waals surface area (Å²) in [5.41, 5.74) is 1.03. The number of methoxy groups -OCH3 is 1. The van der Waals surface area contributed by atoms with Crippen LogP contribution in [0.25, 0.3) is 0 Å². The number of carbonyl (C=O) groups excluding carboxylic acids is 2. The van der Waals surface area contributed by atoms with Crippen LogP contribution >= 0.6 is 11.8 Å². The molecule has 6 nitrogen and oxygen atoms in total. The van der Waals surface area contributed by atoms with Crippen molar-refractivity contribution in [2.45, 2.75) is 37.3 Å². The van der Waals surface area contributed by atoms with E-state index in [0.29, 0.717) is 11.3 Å². The van der Waals surface area contributed by atoms with Gasteiger partial charge in [-0.2, -0.15) is 0 Å². The molecule has 2 atom stereocenters. The van der Waals surface area contributed by atoms with Crippen molar-refractivity contribution in [2.75, 3.05) is 13.4 Å². The number of pyridine rings is 1. The molecule has 0 radical (unpaired) electrons. The minimum atomic E-state index is -1.12. The molecule has 0 aromatic carbocycles. The van der Waals surface area contributed by atoms with E-state index in [0.717, 1.165) is 5.69 Å². The van der Waals surface area contributed by atoms with Crippen molar-refractivity contribution in [1.82, 2.24) is 10.3 Å². The quantitative estimate of drug-likeness (QED) is 0.602. The highest BCUT2D eigenvalue weighted by Crippen LogP contribution is 2.19. The van der Waals surface area contributed by atoms with E-state index in [9.17, 15) is 14.7 Å². The lowest BCUT2D eigenvalue weighted by atomic mass is 10.1. The molecule has 0 aliphatic heterocycles. The zero-order valence-electron chi connectivity index (χ0n) is 12.5. The molecular formula is C14H20N2O4S. The number of esters is 1. The maximum absolute atomic E-state index is 12.3. The second-order valence-corrected chi connectivity index (χ2v) is 5.27. The molecule has 1 rings (SSSR count). The number of aromatic nitrogens is 1. The van der Waals surface area contributed by atoms with Gasteiger partial charge in [-0.05, 0) is 31.7 Å². The van der Waals surface area contributed by atoms with Gasteiger partial charge in [0, 0.05) is 10.6 Å². The molecule has 0 fully saturated rings. The summed E-state index contributed by atoms with van der Waals surface area (Å²) >= 11 is 1.39. The van der Waals surface area contributed by atoms with Gasteiger partial charge in [0.2, 0.25) is 0 Å². The molecule has 1 aromatic rings. The Hall–Kier alpha value is -1.60. The maximum Gasteiger partial charge on any atom is 0.331 e. The Bertz CT molecular complexity index is 520. The number of thioether (sulfide) groups is 1. The summed E-state index contributed by atoms with van der Waals surface area (Å²) in [6.07, 6.45) is 1.48. The van der Waals surface area contributed by atoms with Crippen molar-refractivity contribution in [3.8, 4) is 0 Å². The molecule has 1 aromatic heterocycles. The number of hydrogen-bond donors (Lipinski definition) is 2. The van der Waals surface area contributed by atoms with E-state index in [1.165, 1.54) is 25.8 Å². The normalized spacial score (nSPS) is 13.4. The molecule has 0 saturated heterocycles. The molecule has 2 unspecified atom stereocenters. The average Bonchev–Trinajstić information content (AvgIpc) is 2.50. The van der Waals surface area contributed by atoms with Gasteiger partial charge in [0.05, 0.1) is 13.2 Å². The number of hydrogen-bond acceptors (Lipinski definition) is 6. The fourth-order valence-corrected chi connectivity index (χ4v) is 2.26. The van der Waals surface area contributed by atoms with Gasteiger partial charge in [-0.1, -0.05) is 6.92 Å². The molecule has 21 heavy (non-hydrogen) atoms. The fourth-order valence-electron chi connectivity index (χ4n) is 1.72. The molecule has 1 heterocycles. The number of ether oxygens (including phenoxy) is 1. The van der Waals surface area contributed by atoms with Crippen LogP contribution in [0.2, 0.25) is 0 Å². The Kier molecular flexibility index (Phi) is 6.64. The van der Waals surface area contributed by atoms with Crippen molar-refractivity contribution in [3.05, 3.63) is 23.5 Å². The molecule has 0 spiro atoms. The summed E-state index contributed by atoms with van der Waals surface area (Å²) in [6, 6.07) is 2.56. The van der Waals surface area contributed by atoms with E-state index in [2.05, 4.69) is 15.0 Å². The monoisotopic (exact) mass is 312 g/mol. The molecular weight excluding hydrogens is 292 g/mol. The average molecular weight is 312 g/mol. The van der Waals surface area contributed by atoms with Gasteiger partial charge in [0.25, 0.3) is 5.91 Å². The van der Waals surface area contributed by atoms with Crippen LogP contribution in [0, 0.1) is 0 Å². The Labute approximate surface area is 128 Å². The number of carbonyl (C=O) groups is 2. The predicted molar refractivity (Wildman–Crippen MR) is 80.3 cm³/mol. The standard InChI is InChI=1S/C14H20N2O4S/c1-5-9-6-7-10(21-4)12(15-9)13(18)16-11(8(2)17)14(19)20-3/h6-8,11,17H,5H2,1-4H3,(H,16,18). The molecule has 0 saturated carbocycles. The Morgan fingerprint density at radius 2 is 2.14 bits per heavy atom. The van der Waals surface area contributed by atoms with Crippen molar-refractivity contribution < 1.29 is 19.4 Å². The first-order chi connectivity index (χ1) is 9.94. The number of aryl methyl sites for hydroxylation is 1. The summed E-state index contributed by atoms with van der Waals surface area (Å²) in [5.74, 6) is -1.21. The number of nitrogens with one attached hydrogen (secondary N) is 1. The lowest BCUT2D eigenvalue weighted by molar-refractivity contribution is -0.145. The second kappa shape index (κ2) is 7.99. The minimum absolute atomic E-state index is 0.247. The number of nitrogens with zero attached hydrogens (tertiary/aromatic N) is 1. The Morgan fingerprint density at radius 3 is 2.62 bits per heavy atom. The first-order valence-corrected chi connectivity index (χ1v) is 7.77. The highest BCUT2D eigenvalue weighted by molar-refractivity contribution is 7.98. The van der Waals surface area contributed by atoms with Crippen LogP contribution in [0.1, 0.15) is 30.0 Å². The molecule has 0 bridgehead atoms. The van der Waals surface area contributed by atoms with E-state index < -0.39 is 24.0 Å². The SMILES string of the molecule is CCc1ccc(SC)c(C(=O)NC(C(=O)OC)C(C)O)n1. The summed E-state index contributed by atoms with van der Waals surface area (Å²) < 4.78 is 4.57. The first kappa shape index (κ1) is 17.5. The Balaban J connectivity index is 3.04. The third-order valence-corrected chi connectivity index (χ3v) is 3.71. The third kappa shape index (κ3) is 4.44. The van der Waals surface area contributed by atoms with Crippen molar-refractivity contribution in [1.29, 1.82) is 0 Å². The zero-order valence-corrected chi connectivity index (χ0v) is 13.4. The first-order valence-electron chi connectivity index (χ1n) is 6.55. The second-order valence-electron chi connectivity index (χ2n) is 4.42. The van der Waals surface area contributed by atoms with Gasteiger partial charge in [0.1, 0.15) is 5.69 Å². The van der Waals surface area contributed by atoms with E-state index in [1.807, 2.05) is 25.3 Å². The highest BCUT2D eigenvalue weighted by atomic mass is 32.2. The minimum Gasteiger partial charge on any atom is -0.467 e. The molecule has 7 heteroatoms. The Morgan fingerprint density at radius 1 is 1.48 bits per heavy atom. The van der Waals surface area contributed by atoms with Crippen molar-refractivity contribution in [3.63, 3.8) is 0 Å². The van der Waals surface area contributed by atoms with Crippen LogP contribution < -0.4 is 5.32 Å². The topological polar surface area (TPSA) is 88.5 Å². The molecule has 0 aliphatic carbocycles. The molecule has 0 aliphatic rings. The van der Waals surface area contributed by atoms with Crippen LogP contribution in [0.4, 0.5) is 0 Å². The third-order valence-electron chi connectivity index (χ3n) is 2.94. The fraction of sp³-hybridized carbons (Fsp3) is 0.500. The summed E-state index contributed by atoms with van der Waals surface area (Å²) in [7, 11) is 1.20. The van der Waals surface area contributed by atoms with Gasteiger partial charge in [-0.3, -0.25) is 4.79 Å². The van der Waals surface area contributed by atoms with Crippen LogP contribution in [-0.2, 0) is 16.0 Å². The van der Waals surface area contributed by atoms with Crippen LogP contribution in [0.15, 0.2) is 17.0 Å². The van der Waals surface area contributed by atoms with Gasteiger partial charge in [-0.25, -0.2) is 9.78 Å².